The van der Waals surface area contributed by atoms with Gasteiger partial charge in [-0.2, -0.15) is 0 Å². The molecular formula is C14H26N2O. The van der Waals surface area contributed by atoms with E-state index in [-0.39, 0.29) is 11.0 Å². The van der Waals surface area contributed by atoms with E-state index in [1.165, 1.54) is 25.7 Å². The molecule has 0 radical (unpaired) electrons. The number of rotatable bonds is 1. The SMILES string of the molecule is CC1(C)CNCC(C)(C)N(C2CCCC2)C1=O. The van der Waals surface area contributed by atoms with Gasteiger partial charge in [-0.25, -0.2) is 0 Å². The Bertz CT molecular complexity index is 303. The molecular weight excluding hydrogens is 212 g/mol. The molecule has 3 heteroatoms. The molecule has 1 N–H and O–H groups in total. The number of amides is 1. The van der Waals surface area contributed by atoms with Gasteiger partial charge < -0.3 is 10.2 Å². The van der Waals surface area contributed by atoms with Crippen molar-refractivity contribution in [2.75, 3.05) is 13.1 Å². The van der Waals surface area contributed by atoms with Crippen molar-refractivity contribution in [2.24, 2.45) is 5.41 Å². The fraction of sp³-hybridized carbons (Fsp3) is 0.929. The lowest BCUT2D eigenvalue weighted by atomic mass is 9.89. The third-order valence-electron chi connectivity index (χ3n) is 4.26. The van der Waals surface area contributed by atoms with Crippen molar-refractivity contribution in [3.63, 3.8) is 0 Å². The maximum absolute atomic E-state index is 12.8. The molecule has 1 aliphatic carbocycles. The van der Waals surface area contributed by atoms with Crippen LogP contribution in [0.25, 0.3) is 0 Å². The van der Waals surface area contributed by atoms with Crippen LogP contribution in [0.4, 0.5) is 0 Å². The zero-order valence-electron chi connectivity index (χ0n) is 11.7. The largest absolute Gasteiger partial charge is 0.333 e. The van der Waals surface area contributed by atoms with Gasteiger partial charge in [-0.3, -0.25) is 4.79 Å². The second-order valence-corrected chi connectivity index (χ2v) is 6.91. The van der Waals surface area contributed by atoms with E-state index in [1.807, 2.05) is 0 Å². The third-order valence-corrected chi connectivity index (χ3v) is 4.26. The van der Waals surface area contributed by atoms with Crippen molar-refractivity contribution < 1.29 is 4.79 Å². The number of nitrogens with one attached hydrogen (secondary N) is 1. The quantitative estimate of drug-likeness (QED) is 0.759. The van der Waals surface area contributed by atoms with Gasteiger partial charge in [0, 0.05) is 24.7 Å². The molecule has 0 aromatic heterocycles. The molecule has 0 aromatic carbocycles. The van der Waals surface area contributed by atoms with Gasteiger partial charge in [0.15, 0.2) is 0 Å². The lowest BCUT2D eigenvalue weighted by Crippen LogP contribution is -2.56. The van der Waals surface area contributed by atoms with Gasteiger partial charge in [0.2, 0.25) is 5.91 Å². The van der Waals surface area contributed by atoms with E-state index in [0.717, 1.165) is 13.1 Å². The second-order valence-electron chi connectivity index (χ2n) is 6.91. The number of hydrogen-bond donors (Lipinski definition) is 1. The van der Waals surface area contributed by atoms with E-state index < -0.39 is 0 Å². The average Bonchev–Trinajstić information content (AvgIpc) is 2.67. The van der Waals surface area contributed by atoms with Crippen LogP contribution in [0.3, 0.4) is 0 Å². The first-order valence-corrected chi connectivity index (χ1v) is 6.89. The van der Waals surface area contributed by atoms with Crippen LogP contribution in [0.1, 0.15) is 53.4 Å². The Hall–Kier alpha value is -0.570. The molecule has 1 heterocycles. The first-order chi connectivity index (χ1) is 7.84. The zero-order chi connectivity index (χ0) is 12.7. The van der Waals surface area contributed by atoms with Crippen LogP contribution >= 0.6 is 0 Å². The molecule has 0 spiro atoms. The van der Waals surface area contributed by atoms with Gasteiger partial charge in [0.05, 0.1) is 5.41 Å². The summed E-state index contributed by atoms with van der Waals surface area (Å²) >= 11 is 0. The summed E-state index contributed by atoms with van der Waals surface area (Å²) in [5.41, 5.74) is -0.323. The van der Waals surface area contributed by atoms with Crippen LogP contribution in [0, 0.1) is 5.41 Å². The van der Waals surface area contributed by atoms with Gasteiger partial charge in [-0.05, 0) is 40.5 Å². The summed E-state index contributed by atoms with van der Waals surface area (Å²) in [5, 5.41) is 3.45. The minimum Gasteiger partial charge on any atom is -0.333 e. The summed E-state index contributed by atoms with van der Waals surface area (Å²) < 4.78 is 0. The molecule has 2 rings (SSSR count). The van der Waals surface area contributed by atoms with Gasteiger partial charge in [0.1, 0.15) is 0 Å². The Balaban J connectivity index is 2.30. The maximum atomic E-state index is 12.8. The third kappa shape index (κ3) is 2.35. The van der Waals surface area contributed by atoms with Crippen molar-refractivity contribution in [2.45, 2.75) is 65.0 Å². The Kier molecular flexibility index (Phi) is 3.23. The van der Waals surface area contributed by atoms with Gasteiger partial charge in [0.25, 0.3) is 0 Å². The van der Waals surface area contributed by atoms with Crippen LogP contribution in [-0.2, 0) is 4.79 Å². The number of nitrogens with zero attached hydrogens (tertiary/aromatic N) is 1. The molecule has 0 atom stereocenters. The summed E-state index contributed by atoms with van der Waals surface area (Å²) in [6.07, 6.45) is 4.92. The summed E-state index contributed by atoms with van der Waals surface area (Å²) in [4.78, 5) is 15.0. The molecule has 1 aliphatic heterocycles. The number of carbonyl (C=O) groups excluding carboxylic acids is 1. The van der Waals surface area contributed by atoms with E-state index in [2.05, 4.69) is 37.9 Å². The van der Waals surface area contributed by atoms with Crippen molar-refractivity contribution >= 4 is 5.91 Å². The van der Waals surface area contributed by atoms with Crippen LogP contribution < -0.4 is 5.32 Å². The normalized spacial score (nSPS) is 29.4. The topological polar surface area (TPSA) is 32.3 Å². The predicted molar refractivity (Wildman–Crippen MR) is 69.8 cm³/mol. The van der Waals surface area contributed by atoms with E-state index >= 15 is 0 Å². The second kappa shape index (κ2) is 4.27. The highest BCUT2D eigenvalue weighted by Crippen LogP contribution is 2.34. The van der Waals surface area contributed by atoms with Crippen molar-refractivity contribution in [3.05, 3.63) is 0 Å². The highest BCUT2D eigenvalue weighted by atomic mass is 16.2. The Morgan fingerprint density at radius 2 is 1.71 bits per heavy atom. The summed E-state index contributed by atoms with van der Waals surface area (Å²) in [5.74, 6) is 0.333. The van der Waals surface area contributed by atoms with Crippen LogP contribution in [0.15, 0.2) is 0 Å². The van der Waals surface area contributed by atoms with Crippen molar-refractivity contribution in [1.82, 2.24) is 10.2 Å². The molecule has 98 valence electrons. The number of carbonyl (C=O) groups is 1. The molecule has 0 unspecified atom stereocenters. The fourth-order valence-corrected chi connectivity index (χ4v) is 3.27. The molecule has 0 aromatic rings. The highest BCUT2D eigenvalue weighted by molar-refractivity contribution is 5.83. The standard InChI is InChI=1S/C14H26N2O/c1-13(2)9-15-10-14(3,4)16(12(13)17)11-7-5-6-8-11/h11,15H,5-10H2,1-4H3. The highest BCUT2D eigenvalue weighted by Gasteiger charge is 2.45. The summed E-state index contributed by atoms with van der Waals surface area (Å²) in [7, 11) is 0. The minimum atomic E-state index is -0.268. The van der Waals surface area contributed by atoms with Gasteiger partial charge >= 0.3 is 0 Å². The van der Waals surface area contributed by atoms with Crippen LogP contribution in [0.5, 0.6) is 0 Å². The molecule has 0 bridgehead atoms. The Morgan fingerprint density at radius 1 is 1.12 bits per heavy atom. The van der Waals surface area contributed by atoms with Gasteiger partial charge in [-0.1, -0.05) is 12.8 Å². The van der Waals surface area contributed by atoms with Crippen molar-refractivity contribution in [3.8, 4) is 0 Å². The fourth-order valence-electron chi connectivity index (χ4n) is 3.27. The molecule has 2 fully saturated rings. The van der Waals surface area contributed by atoms with Gasteiger partial charge in [-0.15, -0.1) is 0 Å². The minimum absolute atomic E-state index is 0.0557. The van der Waals surface area contributed by atoms with Crippen LogP contribution in [0.2, 0.25) is 0 Å². The average molecular weight is 238 g/mol. The summed E-state index contributed by atoms with van der Waals surface area (Å²) in [6, 6.07) is 0.469. The van der Waals surface area contributed by atoms with E-state index in [1.54, 1.807) is 0 Å². The number of hydrogen-bond acceptors (Lipinski definition) is 2. The molecule has 2 aliphatic rings. The first-order valence-electron chi connectivity index (χ1n) is 6.89. The smallest absolute Gasteiger partial charge is 0.230 e. The molecule has 1 saturated carbocycles. The maximum Gasteiger partial charge on any atom is 0.230 e. The summed E-state index contributed by atoms with van der Waals surface area (Å²) in [6.45, 7) is 10.2. The lowest BCUT2D eigenvalue weighted by molar-refractivity contribution is -0.146. The van der Waals surface area contributed by atoms with Crippen LogP contribution in [-0.4, -0.2) is 35.5 Å². The Morgan fingerprint density at radius 3 is 2.29 bits per heavy atom. The van der Waals surface area contributed by atoms with E-state index in [4.69, 9.17) is 0 Å². The molecule has 1 amide bonds. The van der Waals surface area contributed by atoms with Crippen molar-refractivity contribution in [1.29, 1.82) is 0 Å². The zero-order valence-corrected chi connectivity index (χ0v) is 11.7. The monoisotopic (exact) mass is 238 g/mol. The first kappa shape index (κ1) is 12.9. The lowest BCUT2D eigenvalue weighted by Gasteiger charge is -2.43. The molecule has 3 nitrogen and oxygen atoms in total. The van der Waals surface area contributed by atoms with E-state index in [9.17, 15) is 4.79 Å². The Labute approximate surface area is 105 Å². The molecule has 1 saturated heterocycles. The molecule has 17 heavy (non-hydrogen) atoms. The van der Waals surface area contributed by atoms with E-state index in [0.29, 0.717) is 11.9 Å². The predicted octanol–water partition coefficient (Wildman–Crippen LogP) is 2.17.